The number of aromatic carboxylic acids is 1. The highest BCUT2D eigenvalue weighted by Gasteiger charge is 2.34. The summed E-state index contributed by atoms with van der Waals surface area (Å²) in [6.45, 7) is 4.26. The van der Waals surface area contributed by atoms with Crippen molar-refractivity contribution in [1.29, 1.82) is 0 Å². The van der Waals surface area contributed by atoms with E-state index in [1.54, 1.807) is 38.3 Å². The van der Waals surface area contributed by atoms with Gasteiger partial charge in [-0.3, -0.25) is 15.0 Å². The molecule has 3 aromatic rings. The standard InChI is InChI=1S/C30H34FN5O7/c1-17(37)32-14-20-15-36(30(41)43-20)19-5-7-24(23(31)13-19)33-9-11-34(12-10-33)25-8-6-21-26(28(25)42-2)35(18-3-4-18)16-22(27(21)38)29(39)40/h5-8,13,16-18,20,32,37H,3-4,9-12,14-15H2,1-2H3,(H,39,40)/t17?,20-/m0/s1. The number of nitrogens with zero attached hydrogens (tertiary/aromatic N) is 4. The molecule has 2 saturated heterocycles. The van der Waals surface area contributed by atoms with Crippen LogP contribution < -0.4 is 30.2 Å². The number of pyridine rings is 1. The zero-order valence-electron chi connectivity index (χ0n) is 24.0. The van der Waals surface area contributed by atoms with Gasteiger partial charge in [0.1, 0.15) is 23.7 Å². The van der Waals surface area contributed by atoms with Crippen LogP contribution in [0.25, 0.3) is 10.9 Å². The molecule has 0 radical (unpaired) electrons. The Morgan fingerprint density at radius 3 is 2.40 bits per heavy atom. The molecular formula is C30H34FN5O7. The molecule has 6 rings (SSSR count). The highest BCUT2D eigenvalue weighted by atomic mass is 19.1. The third-order valence-electron chi connectivity index (χ3n) is 8.22. The summed E-state index contributed by atoms with van der Waals surface area (Å²) in [6, 6.07) is 8.27. The number of benzene rings is 2. The summed E-state index contributed by atoms with van der Waals surface area (Å²) in [7, 11) is 1.54. The van der Waals surface area contributed by atoms with Crippen LogP contribution in [-0.4, -0.2) is 85.6 Å². The number of carbonyl (C=O) groups excluding carboxylic acids is 1. The minimum absolute atomic E-state index is 0.113. The molecule has 1 aliphatic carbocycles. The number of carbonyl (C=O) groups is 2. The Labute approximate surface area is 246 Å². The number of ether oxygens (including phenoxy) is 2. The topological polar surface area (TPSA) is 137 Å². The van der Waals surface area contributed by atoms with E-state index in [9.17, 15) is 24.6 Å². The van der Waals surface area contributed by atoms with Crippen molar-refractivity contribution in [1.82, 2.24) is 9.88 Å². The minimum Gasteiger partial charge on any atom is -0.492 e. The molecule has 0 bridgehead atoms. The summed E-state index contributed by atoms with van der Waals surface area (Å²) in [5.41, 5.74) is 1.41. The van der Waals surface area contributed by atoms with Gasteiger partial charge in [-0.2, -0.15) is 0 Å². The number of halogens is 1. The molecule has 0 spiro atoms. The van der Waals surface area contributed by atoms with Crippen molar-refractivity contribution in [3.8, 4) is 5.75 Å². The zero-order chi connectivity index (χ0) is 30.4. The Morgan fingerprint density at radius 1 is 1.12 bits per heavy atom. The first-order valence-corrected chi connectivity index (χ1v) is 14.3. The van der Waals surface area contributed by atoms with Gasteiger partial charge in [0.2, 0.25) is 5.43 Å². The summed E-state index contributed by atoms with van der Waals surface area (Å²) < 4.78 is 28.4. The molecule has 3 aliphatic rings. The van der Waals surface area contributed by atoms with Crippen LogP contribution in [0.1, 0.15) is 36.2 Å². The molecule has 1 unspecified atom stereocenters. The number of hydrogen-bond donors (Lipinski definition) is 3. The van der Waals surface area contributed by atoms with Crippen LogP contribution in [0.4, 0.5) is 26.2 Å². The number of aromatic nitrogens is 1. The molecule has 2 aromatic carbocycles. The van der Waals surface area contributed by atoms with Crippen molar-refractivity contribution in [2.24, 2.45) is 0 Å². The highest BCUT2D eigenvalue weighted by molar-refractivity contribution is 5.97. The average Bonchev–Trinajstić information content (AvgIpc) is 3.76. The first-order valence-electron chi connectivity index (χ1n) is 14.3. The van der Waals surface area contributed by atoms with Gasteiger partial charge in [0, 0.05) is 45.0 Å². The van der Waals surface area contributed by atoms with E-state index in [0.717, 1.165) is 18.5 Å². The van der Waals surface area contributed by atoms with E-state index in [1.165, 1.54) is 17.2 Å². The lowest BCUT2D eigenvalue weighted by Crippen LogP contribution is -2.47. The van der Waals surface area contributed by atoms with E-state index >= 15 is 4.39 Å². The van der Waals surface area contributed by atoms with Gasteiger partial charge in [0.05, 0.1) is 41.6 Å². The van der Waals surface area contributed by atoms with Crippen LogP contribution in [0.2, 0.25) is 0 Å². The van der Waals surface area contributed by atoms with Crippen molar-refractivity contribution >= 4 is 40.0 Å². The van der Waals surface area contributed by atoms with Crippen molar-refractivity contribution in [2.45, 2.75) is 38.1 Å². The molecule has 12 nitrogen and oxygen atoms in total. The van der Waals surface area contributed by atoms with Crippen molar-refractivity contribution < 1.29 is 33.7 Å². The lowest BCUT2D eigenvalue weighted by Gasteiger charge is -2.38. The number of methoxy groups -OCH3 is 1. The van der Waals surface area contributed by atoms with Gasteiger partial charge < -0.3 is 34.1 Å². The SMILES string of the molecule is COc1c(N2CCN(c3ccc(N4C[C@H](CNC(C)O)OC4=O)cc3F)CC2)ccc2c(=O)c(C(=O)O)cn(C3CC3)c12. The summed E-state index contributed by atoms with van der Waals surface area (Å²) in [6.07, 6.45) is 1.47. The number of amides is 1. The van der Waals surface area contributed by atoms with E-state index < -0.39 is 35.6 Å². The molecule has 43 heavy (non-hydrogen) atoms. The van der Waals surface area contributed by atoms with Gasteiger partial charge in [0.15, 0.2) is 5.75 Å². The largest absolute Gasteiger partial charge is 0.492 e. The molecule has 2 atom stereocenters. The molecule has 3 heterocycles. The molecular weight excluding hydrogens is 561 g/mol. The van der Waals surface area contributed by atoms with Crippen molar-refractivity contribution in [3.05, 3.63) is 58.1 Å². The van der Waals surface area contributed by atoms with Crippen LogP contribution in [0.3, 0.4) is 0 Å². The van der Waals surface area contributed by atoms with Crippen LogP contribution in [0.15, 0.2) is 41.3 Å². The fraction of sp³-hybridized carbons (Fsp3) is 0.433. The average molecular weight is 596 g/mol. The number of aliphatic hydroxyl groups excluding tert-OH is 1. The van der Waals surface area contributed by atoms with E-state index in [4.69, 9.17) is 9.47 Å². The number of cyclic esters (lactones) is 1. The molecule has 3 N–H and O–H groups in total. The molecule has 1 amide bonds. The quantitative estimate of drug-likeness (QED) is 0.317. The van der Waals surface area contributed by atoms with Gasteiger partial charge in [-0.15, -0.1) is 0 Å². The van der Waals surface area contributed by atoms with Gasteiger partial charge in [-0.25, -0.2) is 14.0 Å². The monoisotopic (exact) mass is 595 g/mol. The fourth-order valence-electron chi connectivity index (χ4n) is 5.90. The first kappa shape index (κ1) is 28.7. The minimum atomic E-state index is -1.25. The number of hydrogen-bond acceptors (Lipinski definition) is 9. The lowest BCUT2D eigenvalue weighted by atomic mass is 10.1. The second-order valence-corrected chi connectivity index (χ2v) is 11.1. The van der Waals surface area contributed by atoms with Gasteiger partial charge in [0.25, 0.3) is 0 Å². The van der Waals surface area contributed by atoms with E-state index in [2.05, 4.69) is 10.2 Å². The van der Waals surface area contributed by atoms with Crippen LogP contribution >= 0.6 is 0 Å². The van der Waals surface area contributed by atoms with E-state index in [-0.39, 0.29) is 24.7 Å². The molecule has 228 valence electrons. The Morgan fingerprint density at radius 2 is 1.79 bits per heavy atom. The van der Waals surface area contributed by atoms with Crippen LogP contribution in [-0.2, 0) is 4.74 Å². The number of piperazine rings is 1. The van der Waals surface area contributed by atoms with Gasteiger partial charge >= 0.3 is 12.1 Å². The number of carboxylic acids is 1. The number of rotatable bonds is 9. The van der Waals surface area contributed by atoms with E-state index in [0.29, 0.717) is 54.2 Å². The Balaban J connectivity index is 1.19. The molecule has 2 aliphatic heterocycles. The molecule has 1 saturated carbocycles. The second kappa shape index (κ2) is 11.4. The number of aliphatic hydroxyl groups is 1. The summed E-state index contributed by atoms with van der Waals surface area (Å²) in [5, 5.41) is 22.1. The Bertz CT molecular complexity index is 1630. The molecule has 13 heteroatoms. The highest BCUT2D eigenvalue weighted by Crippen LogP contribution is 2.42. The van der Waals surface area contributed by atoms with Crippen LogP contribution in [0, 0.1) is 5.82 Å². The van der Waals surface area contributed by atoms with Crippen LogP contribution in [0.5, 0.6) is 5.75 Å². The molecule has 1 aromatic heterocycles. The maximum absolute atomic E-state index is 15.4. The van der Waals surface area contributed by atoms with Crippen molar-refractivity contribution in [3.63, 3.8) is 0 Å². The third-order valence-corrected chi connectivity index (χ3v) is 8.22. The number of anilines is 3. The fourth-order valence-corrected chi connectivity index (χ4v) is 5.90. The second-order valence-electron chi connectivity index (χ2n) is 11.1. The predicted octanol–water partition coefficient (Wildman–Crippen LogP) is 2.76. The maximum Gasteiger partial charge on any atom is 0.414 e. The normalized spacial score (nSPS) is 19.6. The Hall–Kier alpha value is -4.36. The summed E-state index contributed by atoms with van der Waals surface area (Å²) in [5.74, 6) is -1.19. The van der Waals surface area contributed by atoms with Gasteiger partial charge in [-0.1, -0.05) is 0 Å². The lowest BCUT2D eigenvalue weighted by molar-refractivity contribution is 0.0694. The zero-order valence-corrected chi connectivity index (χ0v) is 24.0. The number of carboxylic acid groups (broad SMARTS) is 1. The predicted molar refractivity (Wildman–Crippen MR) is 158 cm³/mol. The van der Waals surface area contributed by atoms with Gasteiger partial charge in [-0.05, 0) is 50.1 Å². The number of fused-ring (bicyclic) bond motifs is 1. The summed E-state index contributed by atoms with van der Waals surface area (Å²) >= 11 is 0. The van der Waals surface area contributed by atoms with Crippen molar-refractivity contribution in [2.75, 3.05) is 61.1 Å². The Kier molecular flexibility index (Phi) is 7.61. The first-order chi connectivity index (χ1) is 20.7. The molecule has 3 fully saturated rings. The third kappa shape index (κ3) is 5.45. The maximum atomic E-state index is 15.4. The summed E-state index contributed by atoms with van der Waals surface area (Å²) in [4.78, 5) is 42.6. The number of nitrogens with one attached hydrogen (secondary N) is 1. The smallest absolute Gasteiger partial charge is 0.414 e. The van der Waals surface area contributed by atoms with E-state index in [1.807, 2.05) is 9.47 Å².